The van der Waals surface area contributed by atoms with Gasteiger partial charge in [-0.1, -0.05) is 6.08 Å². The zero-order chi connectivity index (χ0) is 15.3. The smallest absolute Gasteiger partial charge is 0.164 e. The van der Waals surface area contributed by atoms with Gasteiger partial charge in [0.25, 0.3) is 0 Å². The van der Waals surface area contributed by atoms with E-state index in [1.165, 1.54) is 0 Å². The van der Waals surface area contributed by atoms with Gasteiger partial charge in [-0.15, -0.1) is 6.58 Å². The van der Waals surface area contributed by atoms with Crippen LogP contribution in [0, 0.1) is 0 Å². The number of hydrogen-bond acceptors (Lipinski definition) is 5. The minimum Gasteiger partial charge on any atom is -0.382 e. The van der Waals surface area contributed by atoms with E-state index < -0.39 is 5.79 Å². The molecule has 2 aliphatic rings. The van der Waals surface area contributed by atoms with E-state index in [9.17, 15) is 0 Å². The molecule has 21 heavy (non-hydrogen) atoms. The molecule has 0 bridgehead atoms. The fourth-order valence-corrected chi connectivity index (χ4v) is 2.85. The summed E-state index contributed by atoms with van der Waals surface area (Å²) in [6.07, 6.45) is 6.05. The molecular weight excluding hydrogens is 268 g/mol. The maximum absolute atomic E-state index is 6.04. The highest BCUT2D eigenvalue weighted by Crippen LogP contribution is 2.25. The Morgan fingerprint density at radius 2 is 2.33 bits per heavy atom. The number of hydrogen-bond donors (Lipinski definition) is 0. The minimum absolute atomic E-state index is 0.00976. The van der Waals surface area contributed by atoms with Crippen molar-refractivity contribution in [1.29, 1.82) is 0 Å². The summed E-state index contributed by atoms with van der Waals surface area (Å²) < 4.78 is 17.1. The van der Waals surface area contributed by atoms with Gasteiger partial charge in [-0.25, -0.2) is 0 Å². The van der Waals surface area contributed by atoms with E-state index >= 15 is 0 Å². The molecule has 120 valence electrons. The van der Waals surface area contributed by atoms with Crippen LogP contribution in [0.25, 0.3) is 0 Å². The maximum Gasteiger partial charge on any atom is 0.164 e. The number of ether oxygens (including phenoxy) is 3. The van der Waals surface area contributed by atoms with E-state index in [-0.39, 0.29) is 6.10 Å². The predicted molar refractivity (Wildman–Crippen MR) is 83.4 cm³/mol. The number of rotatable bonds is 6. The molecule has 0 N–H and O–H groups in total. The first-order valence-corrected chi connectivity index (χ1v) is 7.81. The molecule has 2 heterocycles. The Labute approximate surface area is 127 Å². The molecule has 2 atom stereocenters. The van der Waals surface area contributed by atoms with Gasteiger partial charge in [-0.05, 0) is 39.5 Å². The van der Waals surface area contributed by atoms with Crippen LogP contribution in [0.5, 0.6) is 0 Å². The summed E-state index contributed by atoms with van der Waals surface area (Å²) in [4.78, 5) is 0. The van der Waals surface area contributed by atoms with Crippen LogP contribution < -0.4 is 0 Å². The lowest BCUT2D eigenvalue weighted by Crippen LogP contribution is -2.47. The van der Waals surface area contributed by atoms with E-state index in [4.69, 9.17) is 19.3 Å². The van der Waals surface area contributed by atoms with Gasteiger partial charge in [-0.2, -0.15) is 5.10 Å². The summed E-state index contributed by atoms with van der Waals surface area (Å²) in [6, 6.07) is 0.373. The van der Waals surface area contributed by atoms with E-state index in [2.05, 4.69) is 11.6 Å². The number of methoxy groups -OCH3 is 1. The van der Waals surface area contributed by atoms with Gasteiger partial charge in [0.15, 0.2) is 5.79 Å². The van der Waals surface area contributed by atoms with Crippen molar-refractivity contribution in [3.05, 3.63) is 12.7 Å². The van der Waals surface area contributed by atoms with Crippen molar-refractivity contribution in [2.24, 2.45) is 5.10 Å². The molecule has 2 fully saturated rings. The highest BCUT2D eigenvalue weighted by Gasteiger charge is 2.34. The monoisotopic (exact) mass is 296 g/mol. The SMILES string of the molecule is C=CCCC1OC(C)(C)OC/C1=N/N1CCC[C@H]1COC. The van der Waals surface area contributed by atoms with Crippen LogP contribution in [-0.4, -0.2) is 55.5 Å². The van der Waals surface area contributed by atoms with Crippen LogP contribution in [0.1, 0.15) is 39.5 Å². The average Bonchev–Trinajstić information content (AvgIpc) is 2.86. The van der Waals surface area contributed by atoms with Gasteiger partial charge in [0.05, 0.1) is 25.0 Å². The summed E-state index contributed by atoms with van der Waals surface area (Å²) in [5.41, 5.74) is 0.985. The third-order valence-electron chi connectivity index (χ3n) is 3.96. The molecule has 5 nitrogen and oxygen atoms in total. The second-order valence-electron chi connectivity index (χ2n) is 6.17. The highest BCUT2D eigenvalue weighted by molar-refractivity contribution is 5.90. The third-order valence-corrected chi connectivity index (χ3v) is 3.96. The Bertz CT molecular complexity index is 382. The first-order chi connectivity index (χ1) is 10.1. The van der Waals surface area contributed by atoms with E-state index in [1.54, 1.807) is 7.11 Å². The first kappa shape index (κ1) is 16.5. The predicted octanol–water partition coefficient (Wildman–Crippen LogP) is 2.57. The van der Waals surface area contributed by atoms with Crippen LogP contribution in [0.4, 0.5) is 0 Å². The Morgan fingerprint density at radius 1 is 1.52 bits per heavy atom. The Balaban J connectivity index is 2.07. The average molecular weight is 296 g/mol. The van der Waals surface area contributed by atoms with Crippen molar-refractivity contribution in [3.8, 4) is 0 Å². The van der Waals surface area contributed by atoms with Gasteiger partial charge in [0, 0.05) is 13.7 Å². The zero-order valence-electron chi connectivity index (χ0n) is 13.5. The van der Waals surface area contributed by atoms with Crippen molar-refractivity contribution in [2.75, 3.05) is 26.9 Å². The van der Waals surface area contributed by atoms with Crippen molar-refractivity contribution in [1.82, 2.24) is 5.01 Å². The minimum atomic E-state index is -0.540. The zero-order valence-corrected chi connectivity index (χ0v) is 13.5. The summed E-state index contributed by atoms with van der Waals surface area (Å²) in [5.74, 6) is -0.540. The second kappa shape index (κ2) is 7.38. The quantitative estimate of drug-likeness (QED) is 0.707. The Hall–Kier alpha value is -0.910. The molecule has 2 aliphatic heterocycles. The fraction of sp³-hybridized carbons (Fsp3) is 0.812. The Morgan fingerprint density at radius 3 is 3.05 bits per heavy atom. The first-order valence-electron chi connectivity index (χ1n) is 7.81. The molecule has 0 spiro atoms. The normalized spacial score (nSPS) is 30.8. The third kappa shape index (κ3) is 4.53. The van der Waals surface area contributed by atoms with Crippen LogP contribution in [-0.2, 0) is 14.2 Å². The van der Waals surface area contributed by atoms with E-state index in [1.807, 2.05) is 19.9 Å². The van der Waals surface area contributed by atoms with Crippen LogP contribution >= 0.6 is 0 Å². The maximum atomic E-state index is 6.04. The van der Waals surface area contributed by atoms with Crippen molar-refractivity contribution in [2.45, 2.75) is 57.5 Å². The molecule has 0 radical (unpaired) electrons. The van der Waals surface area contributed by atoms with Crippen molar-refractivity contribution >= 4 is 5.71 Å². The van der Waals surface area contributed by atoms with E-state index in [0.29, 0.717) is 12.6 Å². The molecule has 5 heteroatoms. The highest BCUT2D eigenvalue weighted by atomic mass is 16.7. The standard InChI is InChI=1S/C16H28N2O3/c1-5-6-9-15-14(12-20-16(2,3)21-15)17-18-10-7-8-13(18)11-19-4/h5,13,15H,1,6-12H2,2-4H3/b17-14-/t13-,15?/m0/s1. The fourth-order valence-electron chi connectivity index (χ4n) is 2.85. The molecule has 1 unspecified atom stereocenters. The summed E-state index contributed by atoms with van der Waals surface area (Å²) in [5, 5.41) is 6.96. The molecule has 0 amide bonds. The lowest BCUT2D eigenvalue weighted by molar-refractivity contribution is -0.235. The topological polar surface area (TPSA) is 43.3 Å². The van der Waals surface area contributed by atoms with Crippen molar-refractivity contribution in [3.63, 3.8) is 0 Å². The van der Waals surface area contributed by atoms with Crippen LogP contribution in [0.3, 0.4) is 0 Å². The van der Waals surface area contributed by atoms with Crippen LogP contribution in [0.2, 0.25) is 0 Å². The molecule has 0 aliphatic carbocycles. The number of nitrogens with zero attached hydrogens (tertiary/aromatic N) is 2. The molecule has 2 saturated heterocycles. The van der Waals surface area contributed by atoms with Gasteiger partial charge in [-0.3, -0.25) is 5.01 Å². The van der Waals surface area contributed by atoms with Crippen LogP contribution in [0.15, 0.2) is 17.8 Å². The summed E-state index contributed by atoms with van der Waals surface area (Å²) >= 11 is 0. The number of allylic oxidation sites excluding steroid dienone is 1. The van der Waals surface area contributed by atoms with Gasteiger partial charge >= 0.3 is 0 Å². The Kier molecular flexibility index (Phi) is 5.79. The molecule has 0 aromatic carbocycles. The molecule has 0 aromatic rings. The lowest BCUT2D eigenvalue weighted by atomic mass is 10.1. The summed E-state index contributed by atoms with van der Waals surface area (Å²) in [6.45, 7) is 9.94. The van der Waals surface area contributed by atoms with Gasteiger partial charge in [0.1, 0.15) is 6.10 Å². The summed E-state index contributed by atoms with van der Waals surface area (Å²) in [7, 11) is 1.74. The molecule has 0 saturated carbocycles. The second-order valence-corrected chi connectivity index (χ2v) is 6.17. The van der Waals surface area contributed by atoms with Gasteiger partial charge in [0.2, 0.25) is 0 Å². The number of hydrazone groups is 1. The molecule has 0 aromatic heterocycles. The van der Waals surface area contributed by atoms with E-state index in [0.717, 1.165) is 44.5 Å². The molecule has 2 rings (SSSR count). The van der Waals surface area contributed by atoms with Crippen molar-refractivity contribution < 1.29 is 14.2 Å². The van der Waals surface area contributed by atoms with Gasteiger partial charge < -0.3 is 14.2 Å². The molecular formula is C16H28N2O3. The largest absolute Gasteiger partial charge is 0.382 e. The lowest BCUT2D eigenvalue weighted by Gasteiger charge is -2.37.